The second-order valence-corrected chi connectivity index (χ2v) is 5.14. The zero-order valence-corrected chi connectivity index (χ0v) is 11.6. The molecule has 21 heavy (non-hydrogen) atoms. The van der Waals surface area contributed by atoms with Crippen LogP contribution in [0.15, 0.2) is 18.2 Å². The smallest absolute Gasteiger partial charge is 0.227 e. The Labute approximate surface area is 122 Å². The summed E-state index contributed by atoms with van der Waals surface area (Å²) < 4.78 is 25.9. The summed E-state index contributed by atoms with van der Waals surface area (Å²) in [5, 5.41) is 11.2. The minimum absolute atomic E-state index is 0.128. The molecule has 0 aromatic heterocycles. The molecule has 0 radical (unpaired) electrons. The molecule has 4 nitrogen and oxygen atoms in total. The van der Waals surface area contributed by atoms with Crippen LogP contribution in [0.3, 0.4) is 0 Å². The van der Waals surface area contributed by atoms with Crippen LogP contribution in [0.25, 0.3) is 0 Å². The summed E-state index contributed by atoms with van der Waals surface area (Å²) in [5.41, 5.74) is 0.269. The third-order valence-electron chi connectivity index (χ3n) is 3.69. The van der Waals surface area contributed by atoms with E-state index >= 15 is 0 Å². The van der Waals surface area contributed by atoms with E-state index in [9.17, 15) is 13.6 Å². The van der Waals surface area contributed by atoms with Crippen LogP contribution in [0.5, 0.6) is 0 Å². The van der Waals surface area contributed by atoms with Gasteiger partial charge in [0.2, 0.25) is 5.91 Å². The van der Waals surface area contributed by atoms with E-state index in [1.165, 1.54) is 6.07 Å². The molecule has 1 aliphatic heterocycles. The highest BCUT2D eigenvalue weighted by Crippen LogP contribution is 2.20. The summed E-state index contributed by atoms with van der Waals surface area (Å²) >= 11 is 0. The molecule has 0 aliphatic carbocycles. The van der Waals surface area contributed by atoms with Gasteiger partial charge in [-0.05, 0) is 38.1 Å². The average Bonchev–Trinajstić information content (AvgIpc) is 2.49. The maximum atomic E-state index is 13.1. The van der Waals surface area contributed by atoms with Crippen molar-refractivity contribution in [3.63, 3.8) is 0 Å². The average molecular weight is 293 g/mol. The third-order valence-corrected chi connectivity index (χ3v) is 3.69. The molecule has 1 amide bonds. The summed E-state index contributed by atoms with van der Waals surface area (Å²) in [4.78, 5) is 14.2. The van der Waals surface area contributed by atoms with E-state index in [0.29, 0.717) is 19.3 Å². The first kappa shape index (κ1) is 15.4. The number of rotatable bonds is 4. The number of carbonyl (C=O) groups is 1. The first-order chi connectivity index (χ1) is 10.1. The highest BCUT2D eigenvalue weighted by Gasteiger charge is 2.24. The normalized spacial score (nSPS) is 16.4. The van der Waals surface area contributed by atoms with Crippen LogP contribution in [-0.4, -0.2) is 30.4 Å². The minimum atomic E-state index is -0.973. The van der Waals surface area contributed by atoms with Gasteiger partial charge in [-0.15, -0.1) is 0 Å². The van der Waals surface area contributed by atoms with Gasteiger partial charge in [-0.3, -0.25) is 4.79 Å². The van der Waals surface area contributed by atoms with Crippen LogP contribution in [-0.2, 0) is 4.79 Å². The first-order valence-electron chi connectivity index (χ1n) is 6.95. The lowest BCUT2D eigenvalue weighted by atomic mass is 9.95. The van der Waals surface area contributed by atoms with Crippen molar-refractivity contribution in [2.75, 3.05) is 25.0 Å². The fourth-order valence-electron chi connectivity index (χ4n) is 2.45. The second-order valence-electron chi connectivity index (χ2n) is 5.14. The topological polar surface area (TPSA) is 56.1 Å². The van der Waals surface area contributed by atoms with Crippen LogP contribution in [0.1, 0.15) is 19.3 Å². The number of likely N-dealkylation sites (tertiary alicyclic amines) is 1. The van der Waals surface area contributed by atoms with Crippen molar-refractivity contribution in [1.82, 2.24) is 4.90 Å². The lowest BCUT2D eigenvalue weighted by Crippen LogP contribution is -2.38. The predicted octanol–water partition coefficient (Wildman–Crippen LogP) is 2.53. The molecule has 1 heterocycles. The van der Waals surface area contributed by atoms with Gasteiger partial charge in [-0.2, -0.15) is 5.26 Å². The number of nitrogens with zero attached hydrogens (tertiary/aromatic N) is 2. The summed E-state index contributed by atoms with van der Waals surface area (Å²) in [6, 6.07) is 5.43. The van der Waals surface area contributed by atoms with Crippen molar-refractivity contribution < 1.29 is 13.6 Å². The Balaban J connectivity index is 1.84. The van der Waals surface area contributed by atoms with Gasteiger partial charge in [0.25, 0.3) is 0 Å². The molecule has 1 aromatic carbocycles. The maximum absolute atomic E-state index is 13.1. The van der Waals surface area contributed by atoms with E-state index in [-0.39, 0.29) is 17.5 Å². The molecule has 0 spiro atoms. The standard InChI is InChI=1S/C15H17F2N3O/c16-13-3-2-12(10-14(13)17)19-15(21)11-4-8-20(9-5-11)7-1-6-18/h2-3,10-11H,1,4-5,7-9H2,(H,19,21). The molecule has 0 unspecified atom stereocenters. The van der Waals surface area contributed by atoms with Crippen LogP contribution in [0.4, 0.5) is 14.5 Å². The number of hydrogen-bond donors (Lipinski definition) is 1. The van der Waals surface area contributed by atoms with E-state index in [1.807, 2.05) is 0 Å². The minimum Gasteiger partial charge on any atom is -0.326 e. The Morgan fingerprint density at radius 3 is 2.67 bits per heavy atom. The lowest BCUT2D eigenvalue weighted by Gasteiger charge is -2.30. The third kappa shape index (κ3) is 4.23. The number of anilines is 1. The Hall–Kier alpha value is -2.00. The molecule has 1 saturated heterocycles. The van der Waals surface area contributed by atoms with E-state index in [1.54, 1.807) is 0 Å². The molecule has 6 heteroatoms. The Bertz CT molecular complexity index is 548. The molecule has 112 valence electrons. The molecule has 0 atom stereocenters. The van der Waals surface area contributed by atoms with Gasteiger partial charge >= 0.3 is 0 Å². The Kier molecular flexibility index (Phi) is 5.23. The molecular formula is C15H17F2N3O. The van der Waals surface area contributed by atoms with Crippen molar-refractivity contribution in [2.45, 2.75) is 19.3 Å². The number of halogens is 2. The summed E-state index contributed by atoms with van der Waals surface area (Å²) in [6.07, 6.45) is 1.91. The van der Waals surface area contributed by atoms with Gasteiger partial charge in [0.1, 0.15) is 0 Å². The van der Waals surface area contributed by atoms with Crippen LogP contribution in [0, 0.1) is 28.9 Å². The van der Waals surface area contributed by atoms with Gasteiger partial charge in [0, 0.05) is 30.6 Å². The molecule has 1 fully saturated rings. The lowest BCUT2D eigenvalue weighted by molar-refractivity contribution is -0.121. The molecule has 0 saturated carbocycles. The van der Waals surface area contributed by atoms with Gasteiger partial charge in [0.15, 0.2) is 11.6 Å². The number of carbonyl (C=O) groups excluding carboxylic acids is 1. The van der Waals surface area contributed by atoms with Crippen LogP contribution < -0.4 is 5.32 Å². The fourth-order valence-corrected chi connectivity index (χ4v) is 2.45. The van der Waals surface area contributed by atoms with Crippen molar-refractivity contribution in [2.24, 2.45) is 5.92 Å². The van der Waals surface area contributed by atoms with E-state index in [0.717, 1.165) is 31.8 Å². The number of nitrogens with one attached hydrogen (secondary N) is 1. The number of piperidine rings is 1. The number of nitriles is 1. The molecule has 0 bridgehead atoms. The van der Waals surface area contributed by atoms with E-state index in [4.69, 9.17) is 5.26 Å². The Morgan fingerprint density at radius 1 is 1.33 bits per heavy atom. The number of benzene rings is 1. The van der Waals surface area contributed by atoms with Gasteiger partial charge in [0.05, 0.1) is 6.07 Å². The molecule has 1 N–H and O–H groups in total. The van der Waals surface area contributed by atoms with E-state index in [2.05, 4.69) is 16.3 Å². The van der Waals surface area contributed by atoms with Gasteiger partial charge in [-0.25, -0.2) is 8.78 Å². The quantitative estimate of drug-likeness (QED) is 0.928. The molecule has 1 aliphatic rings. The molecule has 1 aromatic rings. The SMILES string of the molecule is N#CCCN1CCC(C(=O)Nc2ccc(F)c(F)c2)CC1. The van der Waals surface area contributed by atoms with Crippen LogP contribution in [0.2, 0.25) is 0 Å². The van der Waals surface area contributed by atoms with Crippen molar-refractivity contribution >= 4 is 11.6 Å². The van der Waals surface area contributed by atoms with Gasteiger partial charge < -0.3 is 10.2 Å². The largest absolute Gasteiger partial charge is 0.326 e. The monoisotopic (exact) mass is 293 g/mol. The first-order valence-corrected chi connectivity index (χ1v) is 6.95. The summed E-state index contributed by atoms with van der Waals surface area (Å²) in [7, 11) is 0. The number of amides is 1. The predicted molar refractivity (Wildman–Crippen MR) is 74.4 cm³/mol. The zero-order valence-electron chi connectivity index (χ0n) is 11.6. The highest BCUT2D eigenvalue weighted by molar-refractivity contribution is 5.92. The maximum Gasteiger partial charge on any atom is 0.227 e. The Morgan fingerprint density at radius 2 is 2.05 bits per heavy atom. The van der Waals surface area contributed by atoms with Gasteiger partial charge in [-0.1, -0.05) is 0 Å². The van der Waals surface area contributed by atoms with Crippen molar-refractivity contribution in [1.29, 1.82) is 5.26 Å². The summed E-state index contributed by atoms with van der Waals surface area (Å²) in [5.74, 6) is -2.20. The molecular weight excluding hydrogens is 276 g/mol. The number of hydrogen-bond acceptors (Lipinski definition) is 3. The second kappa shape index (κ2) is 7.14. The van der Waals surface area contributed by atoms with Crippen molar-refractivity contribution in [3.05, 3.63) is 29.8 Å². The molecule has 2 rings (SSSR count). The summed E-state index contributed by atoms with van der Waals surface area (Å²) in [6.45, 7) is 2.28. The zero-order chi connectivity index (χ0) is 15.2. The highest BCUT2D eigenvalue weighted by atomic mass is 19.2. The van der Waals surface area contributed by atoms with Crippen LogP contribution >= 0.6 is 0 Å². The van der Waals surface area contributed by atoms with Crippen molar-refractivity contribution in [3.8, 4) is 6.07 Å². The fraction of sp³-hybridized carbons (Fsp3) is 0.467. The van der Waals surface area contributed by atoms with E-state index < -0.39 is 11.6 Å².